The average Bonchev–Trinajstić information content (AvgIpc) is 3.40. The summed E-state index contributed by atoms with van der Waals surface area (Å²) in [7, 11) is 0. The van der Waals surface area contributed by atoms with E-state index in [1.807, 2.05) is 6.08 Å². The van der Waals surface area contributed by atoms with Crippen LogP contribution in [0.2, 0.25) is 0 Å². The fraction of sp³-hybridized carbons (Fsp3) is 0.836. The highest BCUT2D eigenvalue weighted by atomic mass is 16.8. The summed E-state index contributed by atoms with van der Waals surface area (Å²) in [6, 6.07) is -0.999. The summed E-state index contributed by atoms with van der Waals surface area (Å²) in [5.41, 5.74) is 0. The third kappa shape index (κ3) is 23.8. The largest absolute Gasteiger partial charge is 0.394 e. The first-order chi connectivity index (χ1) is 35.8. The van der Waals surface area contributed by atoms with Crippen LogP contribution in [-0.2, 0) is 33.2 Å². The summed E-state index contributed by atoms with van der Waals surface area (Å²) in [5.74, 6) is -0.302. The summed E-state index contributed by atoms with van der Waals surface area (Å²) < 4.78 is 34.1. The molecule has 74 heavy (non-hydrogen) atoms. The van der Waals surface area contributed by atoms with Crippen LogP contribution in [0, 0.1) is 0 Å². The second kappa shape index (κ2) is 39.2. The van der Waals surface area contributed by atoms with Crippen molar-refractivity contribution < 1.29 is 89.4 Å². The number of ether oxygens (including phenoxy) is 6. The van der Waals surface area contributed by atoms with Crippen molar-refractivity contribution >= 4 is 5.91 Å². The summed E-state index contributed by atoms with van der Waals surface area (Å²) >= 11 is 0. The van der Waals surface area contributed by atoms with Gasteiger partial charge in [0.1, 0.15) is 73.2 Å². The van der Waals surface area contributed by atoms with Gasteiger partial charge in [-0.3, -0.25) is 4.79 Å². The highest BCUT2D eigenvalue weighted by Crippen LogP contribution is 2.33. The number of amides is 1. The van der Waals surface area contributed by atoms with Gasteiger partial charge in [0.2, 0.25) is 5.91 Å². The van der Waals surface area contributed by atoms with Crippen molar-refractivity contribution in [3.8, 4) is 0 Å². The summed E-state index contributed by atoms with van der Waals surface area (Å²) in [5, 5.41) is 120. The molecule has 3 rings (SSSR count). The van der Waals surface area contributed by atoms with Crippen LogP contribution in [0.4, 0.5) is 0 Å². The van der Waals surface area contributed by atoms with Crippen molar-refractivity contribution in [2.75, 3.05) is 26.4 Å². The molecule has 0 aromatic rings. The van der Waals surface area contributed by atoms with Crippen LogP contribution in [0.15, 0.2) is 48.6 Å². The number of aliphatic hydroxyl groups is 11. The predicted molar refractivity (Wildman–Crippen MR) is 277 cm³/mol. The average molecular weight is 1060 g/mol. The molecule has 17 unspecified atom stereocenters. The van der Waals surface area contributed by atoms with Gasteiger partial charge in [-0.05, 0) is 70.6 Å². The van der Waals surface area contributed by atoms with Crippen LogP contribution in [0.5, 0.6) is 0 Å². The van der Waals surface area contributed by atoms with Crippen molar-refractivity contribution in [2.24, 2.45) is 0 Å². The molecule has 0 bridgehead atoms. The van der Waals surface area contributed by atoms with Gasteiger partial charge in [0.15, 0.2) is 18.9 Å². The maximum absolute atomic E-state index is 13.3. The van der Waals surface area contributed by atoms with Gasteiger partial charge in [-0.15, -0.1) is 0 Å². The van der Waals surface area contributed by atoms with Crippen molar-refractivity contribution in [2.45, 2.75) is 266 Å². The normalized spacial score (nSPS) is 31.8. The molecule has 0 aromatic carbocycles. The Morgan fingerprint density at radius 3 is 1.35 bits per heavy atom. The van der Waals surface area contributed by atoms with E-state index in [4.69, 9.17) is 28.4 Å². The zero-order valence-electron chi connectivity index (χ0n) is 44.3. The van der Waals surface area contributed by atoms with Gasteiger partial charge in [-0.2, -0.15) is 0 Å². The number of aliphatic hydroxyl groups excluding tert-OH is 11. The molecule has 12 N–H and O–H groups in total. The molecule has 3 heterocycles. The third-order valence-electron chi connectivity index (χ3n) is 13.8. The first kappa shape index (κ1) is 66.0. The standard InChI is InChI=1S/C55H97NO18/c1-3-5-7-9-11-13-15-17-19-20-22-24-26-28-30-32-39(60)38(56-43(61)33-31-29-27-25-23-21-18-16-14-12-10-8-6-4-2)37-69-53-49(67)46(64)51(41(35-58)71-53)74-55-50(68)47(65)52(42(36-59)72-55)73-54-48(66)45(63)44(62)40(34-57)70-54/h15-18,22,24,30,32,38-42,44-55,57-60,62-68H,3-14,19-21,23,25-29,31,33-37H2,1-2H3,(H,56,61)/b17-15+,18-16-,24-22+,32-30+. The second-order valence-electron chi connectivity index (χ2n) is 20.0. The molecule has 0 aliphatic carbocycles. The third-order valence-corrected chi connectivity index (χ3v) is 13.8. The molecule has 3 aliphatic rings. The maximum atomic E-state index is 13.3. The Hall–Kier alpha value is -2.25. The monoisotopic (exact) mass is 1060 g/mol. The second-order valence-corrected chi connectivity index (χ2v) is 20.0. The van der Waals surface area contributed by atoms with Gasteiger partial charge in [0, 0.05) is 6.42 Å². The smallest absolute Gasteiger partial charge is 0.220 e. The number of hydrogen-bond acceptors (Lipinski definition) is 18. The predicted octanol–water partition coefficient (Wildman–Crippen LogP) is 3.53. The number of nitrogens with one attached hydrogen (secondary N) is 1. The fourth-order valence-corrected chi connectivity index (χ4v) is 9.16. The van der Waals surface area contributed by atoms with Crippen molar-refractivity contribution in [1.82, 2.24) is 5.32 Å². The van der Waals surface area contributed by atoms with Gasteiger partial charge in [-0.25, -0.2) is 0 Å². The number of hydrogen-bond donors (Lipinski definition) is 12. The van der Waals surface area contributed by atoms with Crippen LogP contribution in [0.1, 0.15) is 162 Å². The lowest BCUT2D eigenvalue weighted by Gasteiger charge is -2.48. The van der Waals surface area contributed by atoms with Gasteiger partial charge >= 0.3 is 0 Å². The Kier molecular flexibility index (Phi) is 34.9. The molecule has 3 aliphatic heterocycles. The molecule has 19 nitrogen and oxygen atoms in total. The molecule has 3 fully saturated rings. The van der Waals surface area contributed by atoms with E-state index in [1.165, 1.54) is 64.2 Å². The lowest BCUT2D eigenvalue weighted by atomic mass is 9.96. The molecule has 0 aromatic heterocycles. The molecule has 0 saturated carbocycles. The minimum absolute atomic E-state index is 0.220. The number of allylic oxidation sites excluding steroid dienone is 7. The van der Waals surface area contributed by atoms with Gasteiger partial charge in [-0.1, -0.05) is 133 Å². The van der Waals surface area contributed by atoms with E-state index in [0.29, 0.717) is 12.8 Å². The van der Waals surface area contributed by atoms with E-state index in [2.05, 4.69) is 55.6 Å². The maximum Gasteiger partial charge on any atom is 0.220 e. The number of carbonyl (C=O) groups excluding carboxylic acids is 1. The fourth-order valence-electron chi connectivity index (χ4n) is 9.16. The minimum atomic E-state index is -1.98. The molecule has 0 spiro atoms. The van der Waals surface area contributed by atoms with Gasteiger partial charge < -0.3 is 89.9 Å². The van der Waals surface area contributed by atoms with E-state index in [9.17, 15) is 61.0 Å². The SMILES string of the molecule is CCCCCCC/C=C\CCCCCCCC(=O)NC(COC1OC(CO)C(OC2OC(CO)C(OC3OC(CO)C(O)C(O)C3O)C(O)C2O)C(O)C1O)C(O)/C=C/CC/C=C/CC/C=C/CCCCCCC. The Morgan fingerprint density at radius 2 is 0.865 bits per heavy atom. The Bertz CT molecular complexity index is 1550. The summed E-state index contributed by atoms with van der Waals surface area (Å²) in [6.45, 7) is 1.63. The van der Waals surface area contributed by atoms with E-state index < -0.39 is 124 Å². The minimum Gasteiger partial charge on any atom is -0.394 e. The molecular formula is C55H97NO18. The summed E-state index contributed by atoms with van der Waals surface area (Å²) in [6.07, 6.45) is 13.9. The molecule has 0 radical (unpaired) electrons. The van der Waals surface area contributed by atoms with Crippen LogP contribution < -0.4 is 5.32 Å². The van der Waals surface area contributed by atoms with Crippen molar-refractivity contribution in [3.63, 3.8) is 0 Å². The zero-order valence-corrected chi connectivity index (χ0v) is 44.3. The molecule has 430 valence electrons. The highest BCUT2D eigenvalue weighted by Gasteiger charge is 2.53. The Labute approximate surface area is 440 Å². The van der Waals surface area contributed by atoms with E-state index in [0.717, 1.165) is 64.2 Å². The van der Waals surface area contributed by atoms with Crippen LogP contribution in [0.3, 0.4) is 0 Å². The topological polar surface area (TPSA) is 307 Å². The zero-order chi connectivity index (χ0) is 54.1. The number of rotatable bonds is 39. The lowest BCUT2D eigenvalue weighted by Crippen LogP contribution is -2.66. The van der Waals surface area contributed by atoms with E-state index in [1.54, 1.807) is 6.08 Å². The molecule has 1 amide bonds. The highest BCUT2D eigenvalue weighted by molar-refractivity contribution is 5.76. The first-order valence-corrected chi connectivity index (χ1v) is 27.9. The van der Waals surface area contributed by atoms with Gasteiger partial charge in [0.25, 0.3) is 0 Å². The number of carbonyl (C=O) groups is 1. The van der Waals surface area contributed by atoms with Crippen LogP contribution in [0.25, 0.3) is 0 Å². The van der Waals surface area contributed by atoms with Crippen molar-refractivity contribution in [1.29, 1.82) is 0 Å². The number of unbranched alkanes of at least 4 members (excludes halogenated alkanes) is 17. The molecular weight excluding hydrogens is 963 g/mol. The Morgan fingerprint density at radius 1 is 0.473 bits per heavy atom. The van der Waals surface area contributed by atoms with Crippen LogP contribution in [-0.4, -0.2) is 193 Å². The van der Waals surface area contributed by atoms with E-state index >= 15 is 0 Å². The summed E-state index contributed by atoms with van der Waals surface area (Å²) in [4.78, 5) is 13.3. The van der Waals surface area contributed by atoms with E-state index in [-0.39, 0.29) is 18.9 Å². The molecule has 17 atom stereocenters. The Balaban J connectivity index is 1.56. The quantitative estimate of drug-likeness (QED) is 0.0310. The first-order valence-electron chi connectivity index (χ1n) is 27.9. The van der Waals surface area contributed by atoms with Crippen LogP contribution >= 0.6 is 0 Å². The molecule has 19 heteroatoms. The molecule has 3 saturated heterocycles. The van der Waals surface area contributed by atoms with Gasteiger partial charge in [0.05, 0.1) is 38.6 Å². The van der Waals surface area contributed by atoms with Crippen molar-refractivity contribution in [3.05, 3.63) is 48.6 Å². The lowest BCUT2D eigenvalue weighted by molar-refractivity contribution is -0.379.